The van der Waals surface area contributed by atoms with Crippen molar-refractivity contribution in [2.24, 2.45) is 0 Å². The summed E-state index contributed by atoms with van der Waals surface area (Å²) in [7, 11) is 0. The van der Waals surface area contributed by atoms with Gasteiger partial charge in [-0.2, -0.15) is 0 Å². The molecule has 0 fully saturated rings. The molecule has 0 spiro atoms. The molecule has 3 heterocycles. The zero-order valence-electron chi connectivity index (χ0n) is 18.4. The standard InChI is InChI=1S/C22H27N5O6.Gd/c28-20(29)14-25-7-9-26(13-18-5-2-6-19(24-18)22(32)33)11-16-3-1-4-17(23-16)12-27(10-8-25)15-21(30)31;/h1-6H,7-15H2,(H,28,29)(H,30,31)(H,32,33);/q;+3/p-3. The maximum absolute atomic E-state index is 11.2. The van der Waals surface area contributed by atoms with Crippen LogP contribution in [-0.2, 0) is 29.2 Å². The molecule has 0 saturated carbocycles. The second-order valence-corrected chi connectivity index (χ2v) is 7.86. The van der Waals surface area contributed by atoms with E-state index in [4.69, 9.17) is 0 Å². The van der Waals surface area contributed by atoms with Gasteiger partial charge in [0.05, 0.1) is 40.7 Å². The van der Waals surface area contributed by atoms with Crippen molar-refractivity contribution in [3.8, 4) is 0 Å². The molecule has 2 aromatic heterocycles. The predicted octanol–water partition coefficient (Wildman–Crippen LogP) is -3.54. The molecule has 0 saturated heterocycles. The average Bonchev–Trinajstić information content (AvgIpc) is 2.74. The number of carboxylic acid groups (broad SMARTS) is 3. The first-order chi connectivity index (χ1) is 15.8. The maximum atomic E-state index is 11.2. The fraction of sp³-hybridized carbons (Fsp3) is 0.409. The molecule has 0 atom stereocenters. The second kappa shape index (κ2) is 13.7. The molecule has 34 heavy (non-hydrogen) atoms. The Morgan fingerprint density at radius 3 is 1.88 bits per heavy atom. The number of aromatic carboxylic acids is 1. The van der Waals surface area contributed by atoms with Crippen molar-refractivity contribution in [3.63, 3.8) is 0 Å². The number of aliphatic carboxylic acids is 2. The molecule has 2 aromatic rings. The van der Waals surface area contributed by atoms with Crippen LogP contribution in [0.3, 0.4) is 0 Å². The molecular formula is C22H24GdN5O6. The van der Waals surface area contributed by atoms with Crippen LogP contribution in [0.1, 0.15) is 27.6 Å². The van der Waals surface area contributed by atoms with E-state index in [1.54, 1.807) is 28.0 Å². The quantitative estimate of drug-likeness (QED) is 0.306. The number of carbonyl (C=O) groups excluding carboxylic acids is 3. The van der Waals surface area contributed by atoms with E-state index < -0.39 is 17.9 Å². The molecule has 0 N–H and O–H groups in total. The van der Waals surface area contributed by atoms with Gasteiger partial charge in [-0.25, -0.2) is 0 Å². The number of nitrogens with zero attached hydrogens (tertiary/aromatic N) is 5. The third-order valence-corrected chi connectivity index (χ3v) is 5.21. The first-order valence-electron chi connectivity index (χ1n) is 10.5. The monoisotopic (exact) mass is 612 g/mol. The Bertz CT molecular complexity index is 1010. The molecule has 1 aliphatic rings. The Balaban J connectivity index is 0.00000408. The molecular weight excluding hydrogens is 588 g/mol. The van der Waals surface area contributed by atoms with E-state index >= 15 is 0 Å². The van der Waals surface area contributed by atoms with E-state index in [9.17, 15) is 29.7 Å². The van der Waals surface area contributed by atoms with Crippen molar-refractivity contribution in [3.05, 3.63) is 59.2 Å². The fourth-order valence-corrected chi connectivity index (χ4v) is 3.70. The van der Waals surface area contributed by atoms with Crippen molar-refractivity contribution in [2.75, 3.05) is 39.3 Å². The van der Waals surface area contributed by atoms with E-state index in [2.05, 4.69) is 9.97 Å². The number of hydrogen-bond donors (Lipinski definition) is 0. The largest absolute Gasteiger partial charge is 3.00 e. The van der Waals surface area contributed by atoms with Crippen LogP contribution in [0.2, 0.25) is 0 Å². The normalized spacial score (nSPS) is 16.0. The summed E-state index contributed by atoms with van der Waals surface area (Å²) in [6, 6.07) is 10.2. The minimum absolute atomic E-state index is 0. The molecule has 2 bridgehead atoms. The molecule has 0 unspecified atom stereocenters. The zero-order valence-corrected chi connectivity index (χ0v) is 20.6. The van der Waals surface area contributed by atoms with Gasteiger partial charge in [-0.3, -0.25) is 24.7 Å². The molecule has 181 valence electrons. The molecule has 1 radical (unpaired) electrons. The van der Waals surface area contributed by atoms with Crippen LogP contribution >= 0.6 is 0 Å². The van der Waals surface area contributed by atoms with Gasteiger partial charge >= 0.3 is 39.9 Å². The molecule has 12 heteroatoms. The van der Waals surface area contributed by atoms with Crippen molar-refractivity contribution < 1.29 is 69.6 Å². The number of carboxylic acids is 3. The Labute approximate surface area is 229 Å². The van der Waals surface area contributed by atoms with E-state index in [-0.39, 0.29) is 65.3 Å². The molecule has 0 aromatic carbocycles. The summed E-state index contributed by atoms with van der Waals surface area (Å²) in [6.07, 6.45) is 0. The van der Waals surface area contributed by atoms with Crippen molar-refractivity contribution >= 4 is 17.9 Å². The fourth-order valence-electron chi connectivity index (χ4n) is 3.70. The van der Waals surface area contributed by atoms with Gasteiger partial charge in [-0.05, 0) is 24.3 Å². The minimum Gasteiger partial charge on any atom is -0.549 e. The first kappa shape index (κ1) is 28.2. The summed E-state index contributed by atoms with van der Waals surface area (Å²) in [4.78, 5) is 47.6. The van der Waals surface area contributed by atoms with Gasteiger partial charge in [0.15, 0.2) is 0 Å². The Kier molecular flexibility index (Phi) is 11.4. The van der Waals surface area contributed by atoms with Gasteiger partial charge in [0, 0.05) is 58.9 Å². The number of rotatable bonds is 7. The molecule has 1 aliphatic heterocycles. The Morgan fingerprint density at radius 1 is 0.735 bits per heavy atom. The summed E-state index contributed by atoms with van der Waals surface area (Å²) in [6.45, 7) is 1.84. The Hall–Kier alpha value is -2.09. The van der Waals surface area contributed by atoms with Gasteiger partial charge in [-0.15, -0.1) is 0 Å². The van der Waals surface area contributed by atoms with Crippen molar-refractivity contribution in [2.45, 2.75) is 19.6 Å². The van der Waals surface area contributed by atoms with E-state index in [0.717, 1.165) is 5.69 Å². The summed E-state index contributed by atoms with van der Waals surface area (Å²) < 4.78 is 0. The minimum atomic E-state index is -1.36. The number of fused-ring (bicyclic) bond motifs is 2. The Morgan fingerprint density at radius 2 is 1.26 bits per heavy atom. The van der Waals surface area contributed by atoms with Crippen LogP contribution < -0.4 is 15.3 Å². The summed E-state index contributed by atoms with van der Waals surface area (Å²) in [5.41, 5.74) is 1.79. The van der Waals surface area contributed by atoms with E-state index in [0.29, 0.717) is 50.7 Å². The van der Waals surface area contributed by atoms with Gasteiger partial charge in [0.1, 0.15) is 0 Å². The summed E-state index contributed by atoms with van der Waals surface area (Å²) in [5, 5.41) is 33.6. The molecule has 11 nitrogen and oxygen atoms in total. The topological polar surface area (TPSA) is 156 Å². The summed E-state index contributed by atoms with van der Waals surface area (Å²) in [5.74, 6) is -3.81. The van der Waals surface area contributed by atoms with Crippen molar-refractivity contribution in [1.82, 2.24) is 24.7 Å². The predicted molar refractivity (Wildman–Crippen MR) is 109 cm³/mol. The SMILES string of the molecule is O=C([O-])CN1CCN(CC(=O)[O-])Cc2cccc(n2)CN(Cc2cccc(C(=O)[O-])n2)CC1.[Gd+3]. The third kappa shape index (κ3) is 9.28. The zero-order chi connectivity index (χ0) is 23.8. The van der Waals surface area contributed by atoms with Crippen LogP contribution in [0.25, 0.3) is 0 Å². The van der Waals surface area contributed by atoms with Crippen LogP contribution in [0.4, 0.5) is 0 Å². The van der Waals surface area contributed by atoms with Gasteiger partial charge < -0.3 is 29.7 Å². The average molecular weight is 612 g/mol. The van der Waals surface area contributed by atoms with Gasteiger partial charge in [-0.1, -0.05) is 12.1 Å². The summed E-state index contributed by atoms with van der Waals surface area (Å²) >= 11 is 0. The van der Waals surface area contributed by atoms with Gasteiger partial charge in [0.2, 0.25) is 0 Å². The van der Waals surface area contributed by atoms with Crippen molar-refractivity contribution in [1.29, 1.82) is 0 Å². The van der Waals surface area contributed by atoms with Crippen LogP contribution in [-0.4, -0.2) is 81.8 Å². The van der Waals surface area contributed by atoms with Crippen LogP contribution in [0.15, 0.2) is 36.4 Å². The smallest absolute Gasteiger partial charge is 0.549 e. The van der Waals surface area contributed by atoms with E-state index in [1.165, 1.54) is 6.07 Å². The number of carbonyl (C=O) groups is 3. The first-order valence-corrected chi connectivity index (χ1v) is 10.5. The molecule has 3 rings (SSSR count). The number of hydrogen-bond acceptors (Lipinski definition) is 11. The molecule has 0 amide bonds. The maximum Gasteiger partial charge on any atom is 3.00 e. The number of aromatic nitrogens is 2. The van der Waals surface area contributed by atoms with Crippen LogP contribution in [0, 0.1) is 39.9 Å². The third-order valence-electron chi connectivity index (χ3n) is 5.21. The second-order valence-electron chi connectivity index (χ2n) is 7.86. The van der Waals surface area contributed by atoms with Crippen LogP contribution in [0.5, 0.6) is 0 Å². The molecule has 0 aliphatic carbocycles. The van der Waals surface area contributed by atoms with Gasteiger partial charge in [0.25, 0.3) is 0 Å². The van der Waals surface area contributed by atoms with E-state index in [1.807, 2.05) is 17.0 Å². The number of pyridine rings is 2.